The molecule has 6 rings (SSSR count). The van der Waals surface area contributed by atoms with Crippen molar-refractivity contribution in [1.29, 1.82) is 0 Å². The molecule has 0 unspecified atom stereocenters. The van der Waals surface area contributed by atoms with Gasteiger partial charge in [0.15, 0.2) is 5.82 Å². The third-order valence-electron chi connectivity index (χ3n) is 7.75. The summed E-state index contributed by atoms with van der Waals surface area (Å²) in [5, 5.41) is 10.7. The number of amides is 1. The van der Waals surface area contributed by atoms with Crippen molar-refractivity contribution < 1.29 is 18.3 Å². The van der Waals surface area contributed by atoms with Crippen LogP contribution in [0.15, 0.2) is 72.0 Å². The molecule has 0 spiro atoms. The van der Waals surface area contributed by atoms with Gasteiger partial charge in [0.05, 0.1) is 52.8 Å². The third kappa shape index (κ3) is 6.05. The molecule has 3 aromatic heterocycles. The number of rotatable bonds is 5. The minimum atomic E-state index is -0.772. The van der Waals surface area contributed by atoms with E-state index in [0.717, 1.165) is 0 Å². The van der Waals surface area contributed by atoms with Gasteiger partial charge in [-0.1, -0.05) is 35.3 Å². The Hall–Kier alpha value is -4.97. The summed E-state index contributed by atoms with van der Waals surface area (Å²) in [6.07, 6.45) is 6.02. The molecule has 10 nitrogen and oxygen atoms in total. The Morgan fingerprint density at radius 1 is 1.07 bits per heavy atom. The van der Waals surface area contributed by atoms with E-state index in [0.29, 0.717) is 48.4 Å². The van der Waals surface area contributed by atoms with Crippen LogP contribution in [0.2, 0.25) is 5.02 Å². The lowest BCUT2D eigenvalue weighted by Gasteiger charge is -2.23. The molecule has 0 aliphatic carbocycles. The largest absolute Gasteiger partial charge is 0.476 e. The minimum absolute atomic E-state index is 0.0306. The van der Waals surface area contributed by atoms with Crippen LogP contribution in [0.3, 0.4) is 0 Å². The standard InChI is InChI=1S/C32H28ClF2N7O3/c1-3-45-28-16-42(40-39-28)27-10-8-22(33)31(35)30(27)25-15-29(43)41(17-37-25)26-6-4-5-18(2)32(44)38-23-9-7-20(34)14-21(23)19-11-12-36-24(26)13-19/h7-18,26H,3-6H2,1-2H3,(H,38,44)/t18-,26+/m1/s1. The zero-order valence-electron chi connectivity index (χ0n) is 24.4. The Kier molecular flexibility index (Phi) is 8.40. The predicted molar refractivity (Wildman–Crippen MR) is 164 cm³/mol. The van der Waals surface area contributed by atoms with Crippen LogP contribution in [0.1, 0.15) is 44.8 Å². The number of benzene rings is 2. The molecule has 1 amide bonds. The summed E-state index contributed by atoms with van der Waals surface area (Å²) >= 11 is 6.15. The Labute approximate surface area is 261 Å². The molecule has 1 N–H and O–H groups in total. The fourth-order valence-corrected chi connectivity index (χ4v) is 5.59. The average molecular weight is 632 g/mol. The highest BCUT2D eigenvalue weighted by Gasteiger charge is 2.24. The number of nitrogens with one attached hydrogen (secondary N) is 1. The van der Waals surface area contributed by atoms with Crippen molar-refractivity contribution in [2.75, 3.05) is 11.9 Å². The van der Waals surface area contributed by atoms with E-state index in [1.54, 1.807) is 31.3 Å². The fraction of sp³-hybridized carbons (Fsp3) is 0.250. The molecule has 2 atom stereocenters. The number of pyridine rings is 1. The summed E-state index contributed by atoms with van der Waals surface area (Å²) in [5.74, 6) is -1.50. The zero-order chi connectivity index (χ0) is 31.7. The monoisotopic (exact) mass is 631 g/mol. The molecular weight excluding hydrogens is 604 g/mol. The van der Waals surface area contributed by atoms with E-state index in [2.05, 4.69) is 25.6 Å². The highest BCUT2D eigenvalue weighted by Crippen LogP contribution is 2.35. The van der Waals surface area contributed by atoms with Crippen LogP contribution in [0.25, 0.3) is 28.1 Å². The topological polar surface area (TPSA) is 117 Å². The lowest BCUT2D eigenvalue weighted by Crippen LogP contribution is -2.27. The van der Waals surface area contributed by atoms with Gasteiger partial charge >= 0.3 is 0 Å². The molecule has 0 fully saturated rings. The molecule has 2 aromatic carbocycles. The van der Waals surface area contributed by atoms with Gasteiger partial charge in [0.2, 0.25) is 5.91 Å². The van der Waals surface area contributed by atoms with Crippen LogP contribution < -0.4 is 15.6 Å². The Balaban J connectivity index is 1.44. The number of carbonyl (C=O) groups excluding carboxylic acids is 1. The van der Waals surface area contributed by atoms with Gasteiger partial charge < -0.3 is 10.1 Å². The first kappa shape index (κ1) is 30.1. The third-order valence-corrected chi connectivity index (χ3v) is 8.04. The van der Waals surface area contributed by atoms with E-state index in [9.17, 15) is 14.0 Å². The zero-order valence-corrected chi connectivity index (χ0v) is 25.1. The molecule has 4 heterocycles. The van der Waals surface area contributed by atoms with Crippen LogP contribution in [0.4, 0.5) is 14.5 Å². The number of anilines is 1. The van der Waals surface area contributed by atoms with E-state index >= 15 is 4.39 Å². The van der Waals surface area contributed by atoms with Gasteiger partial charge in [-0.05, 0) is 67.8 Å². The number of fused-ring (bicyclic) bond motifs is 4. The summed E-state index contributed by atoms with van der Waals surface area (Å²) in [4.78, 5) is 35.8. The molecule has 0 radical (unpaired) electrons. The molecule has 230 valence electrons. The van der Waals surface area contributed by atoms with E-state index in [1.807, 2.05) is 6.92 Å². The molecule has 0 saturated carbocycles. The predicted octanol–water partition coefficient (Wildman–Crippen LogP) is 6.23. The maximum Gasteiger partial charge on any atom is 0.254 e. The molecular formula is C32H28ClF2N7O3. The SMILES string of the molecule is CCOc1cn(-c2ccc(Cl)c(F)c2-c2cc(=O)n([C@H]3CCC[C@@H](C)C(=O)Nc4ccc(F)cc4-c4ccnc3c4)cn2)nn1. The van der Waals surface area contributed by atoms with Gasteiger partial charge in [0.1, 0.15) is 5.82 Å². The van der Waals surface area contributed by atoms with Gasteiger partial charge in [-0.25, -0.2) is 18.4 Å². The number of carbonyl (C=O) groups is 1. The first-order valence-electron chi connectivity index (χ1n) is 14.4. The first-order chi connectivity index (χ1) is 21.7. The molecule has 0 saturated heterocycles. The van der Waals surface area contributed by atoms with Crippen molar-refractivity contribution in [3.05, 3.63) is 100.0 Å². The van der Waals surface area contributed by atoms with E-state index in [-0.39, 0.29) is 39.7 Å². The maximum absolute atomic E-state index is 15.5. The van der Waals surface area contributed by atoms with Gasteiger partial charge in [0, 0.05) is 29.4 Å². The number of halogens is 3. The number of hydrogen-bond donors (Lipinski definition) is 1. The second kappa shape index (κ2) is 12.6. The fourth-order valence-electron chi connectivity index (χ4n) is 5.43. The Morgan fingerprint density at radius 2 is 1.91 bits per heavy atom. The van der Waals surface area contributed by atoms with Crippen molar-refractivity contribution in [2.24, 2.45) is 5.92 Å². The quantitative estimate of drug-likeness (QED) is 0.244. The minimum Gasteiger partial charge on any atom is -0.476 e. The Bertz CT molecular complexity index is 1960. The second-order valence-corrected chi connectivity index (χ2v) is 11.1. The van der Waals surface area contributed by atoms with Gasteiger partial charge in [-0.15, -0.1) is 0 Å². The van der Waals surface area contributed by atoms with Crippen molar-refractivity contribution in [3.63, 3.8) is 0 Å². The number of nitrogens with zero attached hydrogens (tertiary/aromatic N) is 6. The smallest absolute Gasteiger partial charge is 0.254 e. The molecule has 45 heavy (non-hydrogen) atoms. The number of hydrogen-bond acceptors (Lipinski definition) is 7. The number of ether oxygens (including phenoxy) is 1. The average Bonchev–Trinajstić information content (AvgIpc) is 3.50. The summed E-state index contributed by atoms with van der Waals surface area (Å²) in [6, 6.07) is 11.3. The summed E-state index contributed by atoms with van der Waals surface area (Å²) in [6.45, 7) is 3.99. The first-order valence-corrected chi connectivity index (χ1v) is 14.8. The number of aromatic nitrogens is 6. The van der Waals surface area contributed by atoms with Crippen LogP contribution in [0, 0.1) is 17.6 Å². The lowest BCUT2D eigenvalue weighted by molar-refractivity contribution is -0.119. The summed E-state index contributed by atoms with van der Waals surface area (Å²) in [5.41, 5.74) is 1.96. The van der Waals surface area contributed by atoms with Crippen LogP contribution in [-0.2, 0) is 4.79 Å². The van der Waals surface area contributed by atoms with Crippen molar-refractivity contribution in [1.82, 2.24) is 29.5 Å². The van der Waals surface area contributed by atoms with E-state index in [4.69, 9.17) is 16.3 Å². The van der Waals surface area contributed by atoms with E-state index in [1.165, 1.54) is 52.1 Å². The van der Waals surface area contributed by atoms with Gasteiger partial charge in [-0.3, -0.25) is 19.1 Å². The highest BCUT2D eigenvalue weighted by atomic mass is 35.5. The van der Waals surface area contributed by atoms with Crippen molar-refractivity contribution in [2.45, 2.75) is 39.2 Å². The van der Waals surface area contributed by atoms with Crippen LogP contribution >= 0.6 is 11.6 Å². The summed E-state index contributed by atoms with van der Waals surface area (Å²) < 4.78 is 38.0. The summed E-state index contributed by atoms with van der Waals surface area (Å²) in [7, 11) is 0. The molecule has 13 heteroatoms. The van der Waals surface area contributed by atoms with E-state index < -0.39 is 23.2 Å². The Morgan fingerprint density at radius 3 is 2.71 bits per heavy atom. The molecule has 2 bridgehead atoms. The molecule has 1 aliphatic rings. The van der Waals surface area contributed by atoms with Crippen LogP contribution in [0.5, 0.6) is 5.88 Å². The van der Waals surface area contributed by atoms with Crippen molar-refractivity contribution >= 4 is 23.2 Å². The molecule has 1 aliphatic heterocycles. The van der Waals surface area contributed by atoms with Gasteiger partial charge in [0.25, 0.3) is 11.4 Å². The van der Waals surface area contributed by atoms with Crippen molar-refractivity contribution in [3.8, 4) is 34.0 Å². The molecule has 5 aromatic rings. The van der Waals surface area contributed by atoms with Crippen LogP contribution in [-0.4, -0.2) is 42.0 Å². The highest BCUT2D eigenvalue weighted by molar-refractivity contribution is 6.31. The second-order valence-electron chi connectivity index (χ2n) is 10.7. The normalized spacial score (nSPS) is 16.7. The lowest BCUT2D eigenvalue weighted by atomic mass is 9.95. The van der Waals surface area contributed by atoms with Gasteiger partial charge in [-0.2, -0.15) is 0 Å². The maximum atomic E-state index is 15.5.